The highest BCUT2D eigenvalue weighted by atomic mass is 14.8. The first kappa shape index (κ1) is 7.70. The molecule has 1 heteroatoms. The van der Waals surface area contributed by atoms with E-state index < -0.39 is 0 Å². The summed E-state index contributed by atoms with van der Waals surface area (Å²) < 4.78 is 0. The van der Waals surface area contributed by atoms with Crippen LogP contribution in [0.4, 0.5) is 0 Å². The van der Waals surface area contributed by atoms with E-state index in [9.17, 15) is 0 Å². The summed E-state index contributed by atoms with van der Waals surface area (Å²) >= 11 is 0. The quantitative estimate of drug-likeness (QED) is 0.432. The predicted molar refractivity (Wildman–Crippen MR) is 38.0 cm³/mol. The van der Waals surface area contributed by atoms with Crippen molar-refractivity contribution in [2.24, 2.45) is 0 Å². The molecule has 8 heavy (non-hydrogen) atoms. The SMILES string of the molecule is CCNCC=C(C)C. The lowest BCUT2D eigenvalue weighted by atomic mass is 10.3. The molecule has 0 aliphatic carbocycles. The van der Waals surface area contributed by atoms with Gasteiger partial charge in [-0.25, -0.2) is 0 Å². The van der Waals surface area contributed by atoms with Crippen LogP contribution in [0.2, 0.25) is 0 Å². The van der Waals surface area contributed by atoms with Gasteiger partial charge >= 0.3 is 0 Å². The monoisotopic (exact) mass is 113 g/mol. The van der Waals surface area contributed by atoms with E-state index in [1.807, 2.05) is 0 Å². The molecule has 48 valence electrons. The molecule has 0 fully saturated rings. The first-order valence-electron chi connectivity index (χ1n) is 3.11. The van der Waals surface area contributed by atoms with Crippen LogP contribution < -0.4 is 5.32 Å². The van der Waals surface area contributed by atoms with Crippen molar-refractivity contribution < 1.29 is 0 Å². The Morgan fingerprint density at radius 3 is 2.50 bits per heavy atom. The lowest BCUT2D eigenvalue weighted by molar-refractivity contribution is 0.796. The lowest BCUT2D eigenvalue weighted by Crippen LogP contribution is -2.11. The van der Waals surface area contributed by atoms with E-state index >= 15 is 0 Å². The maximum absolute atomic E-state index is 3.20. The molecule has 1 N–H and O–H groups in total. The molecule has 0 spiro atoms. The van der Waals surface area contributed by atoms with Crippen LogP contribution in [0.5, 0.6) is 0 Å². The second kappa shape index (κ2) is 4.85. The fourth-order valence-electron chi connectivity index (χ4n) is 0.421. The van der Waals surface area contributed by atoms with Gasteiger partial charge < -0.3 is 5.32 Å². The third-order valence-electron chi connectivity index (χ3n) is 0.905. The standard InChI is InChI=1S/C7H15N/c1-4-8-6-5-7(2)3/h5,8H,4,6H2,1-3H3. The Hall–Kier alpha value is -0.300. The van der Waals surface area contributed by atoms with Gasteiger partial charge in [0.15, 0.2) is 0 Å². The summed E-state index contributed by atoms with van der Waals surface area (Å²) in [5.41, 5.74) is 1.38. The smallest absolute Gasteiger partial charge is 0.0137 e. The first-order chi connectivity index (χ1) is 3.77. The van der Waals surface area contributed by atoms with Crippen LogP contribution in [-0.4, -0.2) is 13.1 Å². The average Bonchev–Trinajstić information content (AvgIpc) is 1.66. The van der Waals surface area contributed by atoms with Crippen molar-refractivity contribution in [3.8, 4) is 0 Å². The second-order valence-corrected chi connectivity index (χ2v) is 2.09. The third kappa shape index (κ3) is 5.70. The summed E-state index contributed by atoms with van der Waals surface area (Å²) in [4.78, 5) is 0. The number of allylic oxidation sites excluding steroid dienone is 1. The molecule has 0 aromatic heterocycles. The van der Waals surface area contributed by atoms with Crippen LogP contribution in [-0.2, 0) is 0 Å². The van der Waals surface area contributed by atoms with Gasteiger partial charge in [0.2, 0.25) is 0 Å². The fraction of sp³-hybridized carbons (Fsp3) is 0.714. The van der Waals surface area contributed by atoms with E-state index in [4.69, 9.17) is 0 Å². The summed E-state index contributed by atoms with van der Waals surface area (Å²) in [6.45, 7) is 8.40. The van der Waals surface area contributed by atoms with Crippen molar-refractivity contribution in [3.05, 3.63) is 11.6 Å². The molecule has 0 atom stereocenters. The first-order valence-corrected chi connectivity index (χ1v) is 3.11. The van der Waals surface area contributed by atoms with Crippen molar-refractivity contribution >= 4 is 0 Å². The summed E-state index contributed by atoms with van der Waals surface area (Å²) in [7, 11) is 0. The molecule has 0 bridgehead atoms. The highest BCUT2D eigenvalue weighted by molar-refractivity contribution is 4.93. The molecule has 0 rings (SSSR count). The number of hydrogen-bond donors (Lipinski definition) is 1. The van der Waals surface area contributed by atoms with Gasteiger partial charge in [-0.2, -0.15) is 0 Å². The highest BCUT2D eigenvalue weighted by Gasteiger charge is 1.75. The highest BCUT2D eigenvalue weighted by Crippen LogP contribution is 1.84. The Labute approximate surface area is 51.8 Å². The van der Waals surface area contributed by atoms with Gasteiger partial charge in [-0.3, -0.25) is 0 Å². The normalized spacial score (nSPS) is 8.88. The number of hydrogen-bond acceptors (Lipinski definition) is 1. The summed E-state index contributed by atoms with van der Waals surface area (Å²) in [5.74, 6) is 0. The zero-order valence-electron chi connectivity index (χ0n) is 5.99. The molecule has 1 nitrogen and oxygen atoms in total. The van der Waals surface area contributed by atoms with Crippen molar-refractivity contribution in [2.45, 2.75) is 20.8 Å². The number of likely N-dealkylation sites (N-methyl/N-ethyl adjacent to an activating group) is 1. The van der Waals surface area contributed by atoms with Crippen LogP contribution in [0, 0.1) is 0 Å². The van der Waals surface area contributed by atoms with Crippen LogP contribution >= 0.6 is 0 Å². The minimum Gasteiger partial charge on any atom is -0.314 e. The van der Waals surface area contributed by atoms with Gasteiger partial charge in [-0.05, 0) is 20.4 Å². The molecule has 0 unspecified atom stereocenters. The molecular weight excluding hydrogens is 98.1 g/mol. The molecular formula is C7H15N. The van der Waals surface area contributed by atoms with Crippen LogP contribution in [0.25, 0.3) is 0 Å². The van der Waals surface area contributed by atoms with Crippen molar-refractivity contribution in [3.63, 3.8) is 0 Å². The van der Waals surface area contributed by atoms with Crippen LogP contribution in [0.3, 0.4) is 0 Å². The summed E-state index contributed by atoms with van der Waals surface area (Å²) in [5, 5.41) is 3.20. The van der Waals surface area contributed by atoms with Gasteiger partial charge in [0.1, 0.15) is 0 Å². The molecule has 0 aromatic rings. The topological polar surface area (TPSA) is 12.0 Å². The molecule has 0 aliphatic rings. The molecule has 0 radical (unpaired) electrons. The minimum absolute atomic E-state index is 1.01. The maximum Gasteiger partial charge on any atom is 0.0137 e. The van der Waals surface area contributed by atoms with E-state index in [1.165, 1.54) is 5.57 Å². The average molecular weight is 113 g/mol. The predicted octanol–water partition coefficient (Wildman–Crippen LogP) is 1.56. The minimum atomic E-state index is 1.01. The van der Waals surface area contributed by atoms with Gasteiger partial charge in [-0.1, -0.05) is 18.6 Å². The van der Waals surface area contributed by atoms with Gasteiger partial charge in [-0.15, -0.1) is 0 Å². The molecule has 0 saturated heterocycles. The number of nitrogens with one attached hydrogen (secondary N) is 1. The van der Waals surface area contributed by atoms with E-state index in [0.717, 1.165) is 13.1 Å². The van der Waals surface area contributed by atoms with Crippen molar-refractivity contribution in [2.75, 3.05) is 13.1 Å². The summed E-state index contributed by atoms with van der Waals surface area (Å²) in [6.07, 6.45) is 2.18. The Kier molecular flexibility index (Phi) is 4.67. The van der Waals surface area contributed by atoms with Crippen LogP contribution in [0.1, 0.15) is 20.8 Å². The molecule has 0 aromatic carbocycles. The zero-order valence-corrected chi connectivity index (χ0v) is 5.99. The van der Waals surface area contributed by atoms with Gasteiger partial charge in [0.25, 0.3) is 0 Å². The van der Waals surface area contributed by atoms with Crippen molar-refractivity contribution in [1.29, 1.82) is 0 Å². The van der Waals surface area contributed by atoms with E-state index in [0.29, 0.717) is 0 Å². The van der Waals surface area contributed by atoms with E-state index in [2.05, 4.69) is 32.2 Å². The van der Waals surface area contributed by atoms with Gasteiger partial charge in [0, 0.05) is 6.54 Å². The van der Waals surface area contributed by atoms with Gasteiger partial charge in [0.05, 0.1) is 0 Å². The Bertz CT molecular complexity index is 70.5. The zero-order chi connectivity index (χ0) is 6.41. The Balaban J connectivity index is 3.03. The molecule has 0 heterocycles. The molecule has 0 saturated carbocycles. The van der Waals surface area contributed by atoms with Crippen molar-refractivity contribution in [1.82, 2.24) is 5.32 Å². The third-order valence-corrected chi connectivity index (χ3v) is 0.905. The molecule has 0 aliphatic heterocycles. The summed E-state index contributed by atoms with van der Waals surface area (Å²) in [6, 6.07) is 0. The van der Waals surface area contributed by atoms with E-state index in [-0.39, 0.29) is 0 Å². The van der Waals surface area contributed by atoms with E-state index in [1.54, 1.807) is 0 Å². The fourth-order valence-corrected chi connectivity index (χ4v) is 0.421. The second-order valence-electron chi connectivity index (χ2n) is 2.09. The molecule has 0 amide bonds. The lowest BCUT2D eigenvalue weighted by Gasteiger charge is -1.93. The number of rotatable bonds is 3. The maximum atomic E-state index is 3.20. The Morgan fingerprint density at radius 1 is 1.50 bits per heavy atom. The largest absolute Gasteiger partial charge is 0.314 e. The Morgan fingerprint density at radius 2 is 2.12 bits per heavy atom. The van der Waals surface area contributed by atoms with Crippen LogP contribution in [0.15, 0.2) is 11.6 Å².